The van der Waals surface area contributed by atoms with Crippen molar-refractivity contribution in [1.29, 1.82) is 0 Å². The van der Waals surface area contributed by atoms with Crippen molar-refractivity contribution in [1.82, 2.24) is 5.32 Å². The average Bonchev–Trinajstić information content (AvgIpc) is 2.28. The Morgan fingerprint density at radius 2 is 1.89 bits per heavy atom. The third-order valence-electron chi connectivity index (χ3n) is 2.03. The molecule has 96 valence electrons. The SMILES string of the molecule is CCNC(=O)C(=O)Nc1ccc(C(=O)O)c(O)c1. The van der Waals surface area contributed by atoms with Crippen LogP contribution in [-0.4, -0.2) is 34.5 Å². The van der Waals surface area contributed by atoms with Crippen LogP contribution in [0.15, 0.2) is 18.2 Å². The minimum Gasteiger partial charge on any atom is -0.507 e. The summed E-state index contributed by atoms with van der Waals surface area (Å²) in [5.41, 5.74) is -0.153. The van der Waals surface area contributed by atoms with E-state index in [-0.39, 0.29) is 11.3 Å². The fourth-order valence-corrected chi connectivity index (χ4v) is 1.22. The molecule has 0 heterocycles. The average molecular weight is 252 g/mol. The predicted octanol–water partition coefficient (Wildman–Crippen LogP) is 0.165. The van der Waals surface area contributed by atoms with E-state index in [2.05, 4.69) is 10.6 Å². The van der Waals surface area contributed by atoms with E-state index in [9.17, 15) is 19.5 Å². The zero-order valence-electron chi connectivity index (χ0n) is 9.56. The van der Waals surface area contributed by atoms with E-state index in [1.54, 1.807) is 6.92 Å². The van der Waals surface area contributed by atoms with Gasteiger partial charge in [0.25, 0.3) is 0 Å². The van der Waals surface area contributed by atoms with E-state index in [0.29, 0.717) is 6.54 Å². The van der Waals surface area contributed by atoms with Crippen molar-refractivity contribution in [2.75, 3.05) is 11.9 Å². The maximum Gasteiger partial charge on any atom is 0.339 e. The van der Waals surface area contributed by atoms with Gasteiger partial charge >= 0.3 is 17.8 Å². The molecule has 0 unspecified atom stereocenters. The molecule has 1 rings (SSSR count). The van der Waals surface area contributed by atoms with Crippen molar-refractivity contribution >= 4 is 23.5 Å². The van der Waals surface area contributed by atoms with Gasteiger partial charge in [0, 0.05) is 18.3 Å². The van der Waals surface area contributed by atoms with Gasteiger partial charge in [0.1, 0.15) is 11.3 Å². The number of benzene rings is 1. The monoisotopic (exact) mass is 252 g/mol. The highest BCUT2D eigenvalue weighted by molar-refractivity contribution is 6.39. The van der Waals surface area contributed by atoms with Crippen LogP contribution in [0.5, 0.6) is 5.75 Å². The van der Waals surface area contributed by atoms with Crippen LogP contribution < -0.4 is 10.6 Å². The van der Waals surface area contributed by atoms with E-state index in [0.717, 1.165) is 12.1 Å². The summed E-state index contributed by atoms with van der Waals surface area (Å²) in [6.07, 6.45) is 0. The number of carbonyl (C=O) groups excluding carboxylic acids is 2. The zero-order chi connectivity index (χ0) is 13.7. The summed E-state index contributed by atoms with van der Waals surface area (Å²) in [6.45, 7) is 1.98. The number of rotatable bonds is 3. The van der Waals surface area contributed by atoms with Gasteiger partial charge in [-0.15, -0.1) is 0 Å². The van der Waals surface area contributed by atoms with Crippen LogP contribution >= 0.6 is 0 Å². The number of phenols is 1. The highest BCUT2D eigenvalue weighted by atomic mass is 16.4. The Labute approximate surface area is 102 Å². The number of carboxylic acid groups (broad SMARTS) is 1. The number of anilines is 1. The number of hydrogen-bond acceptors (Lipinski definition) is 4. The van der Waals surface area contributed by atoms with E-state index < -0.39 is 23.5 Å². The number of hydrogen-bond donors (Lipinski definition) is 4. The molecule has 1 aromatic carbocycles. The number of carboxylic acids is 1. The number of amides is 2. The van der Waals surface area contributed by atoms with Gasteiger partial charge in [-0.3, -0.25) is 9.59 Å². The molecule has 0 atom stereocenters. The topological polar surface area (TPSA) is 116 Å². The number of aromatic carboxylic acids is 1. The van der Waals surface area contributed by atoms with E-state index in [4.69, 9.17) is 5.11 Å². The Kier molecular flexibility index (Phi) is 4.25. The van der Waals surface area contributed by atoms with Gasteiger partial charge < -0.3 is 20.8 Å². The van der Waals surface area contributed by atoms with Crippen molar-refractivity contribution in [3.63, 3.8) is 0 Å². The molecular formula is C11H12N2O5. The number of carbonyl (C=O) groups is 3. The Bertz CT molecular complexity index is 498. The molecule has 0 radical (unpaired) electrons. The van der Waals surface area contributed by atoms with Crippen LogP contribution in [0.2, 0.25) is 0 Å². The van der Waals surface area contributed by atoms with Gasteiger partial charge in [0.15, 0.2) is 0 Å². The summed E-state index contributed by atoms with van der Waals surface area (Å²) in [5.74, 6) is -3.47. The zero-order valence-corrected chi connectivity index (χ0v) is 9.56. The highest BCUT2D eigenvalue weighted by Crippen LogP contribution is 2.21. The lowest BCUT2D eigenvalue weighted by molar-refractivity contribution is -0.136. The van der Waals surface area contributed by atoms with E-state index >= 15 is 0 Å². The quantitative estimate of drug-likeness (QED) is 0.572. The second-order valence-corrected chi connectivity index (χ2v) is 3.35. The lowest BCUT2D eigenvalue weighted by atomic mass is 10.2. The standard InChI is InChI=1S/C11H12N2O5/c1-2-12-9(15)10(16)13-6-3-4-7(11(17)18)8(14)5-6/h3-5,14H,2H2,1H3,(H,12,15)(H,13,16)(H,17,18). The first-order chi connectivity index (χ1) is 8.45. The van der Waals surface area contributed by atoms with Crippen molar-refractivity contribution < 1.29 is 24.6 Å². The van der Waals surface area contributed by atoms with Gasteiger partial charge in [0.05, 0.1) is 0 Å². The third kappa shape index (κ3) is 3.21. The fourth-order valence-electron chi connectivity index (χ4n) is 1.22. The first-order valence-corrected chi connectivity index (χ1v) is 5.11. The highest BCUT2D eigenvalue weighted by Gasteiger charge is 2.14. The lowest BCUT2D eigenvalue weighted by Gasteiger charge is -2.06. The molecule has 0 spiro atoms. The summed E-state index contributed by atoms with van der Waals surface area (Å²) >= 11 is 0. The van der Waals surface area contributed by atoms with Gasteiger partial charge in [-0.2, -0.15) is 0 Å². The molecule has 0 aliphatic rings. The van der Waals surface area contributed by atoms with Crippen LogP contribution in [0, 0.1) is 0 Å². The van der Waals surface area contributed by atoms with Crippen LogP contribution in [0.25, 0.3) is 0 Å². The molecule has 2 amide bonds. The third-order valence-corrected chi connectivity index (χ3v) is 2.03. The molecule has 7 heteroatoms. The van der Waals surface area contributed by atoms with Gasteiger partial charge in [-0.1, -0.05) is 0 Å². The second kappa shape index (κ2) is 5.67. The molecular weight excluding hydrogens is 240 g/mol. The number of likely N-dealkylation sites (N-methyl/N-ethyl adjacent to an activating group) is 1. The molecule has 1 aromatic rings. The van der Waals surface area contributed by atoms with E-state index in [1.807, 2.05) is 0 Å². The van der Waals surface area contributed by atoms with Crippen molar-refractivity contribution in [3.05, 3.63) is 23.8 Å². The molecule has 0 fully saturated rings. The molecule has 0 saturated carbocycles. The Hall–Kier alpha value is -2.57. The summed E-state index contributed by atoms with van der Waals surface area (Å²) < 4.78 is 0. The first-order valence-electron chi connectivity index (χ1n) is 5.11. The van der Waals surface area contributed by atoms with Crippen LogP contribution in [0.3, 0.4) is 0 Å². The molecule has 0 aromatic heterocycles. The largest absolute Gasteiger partial charge is 0.507 e. The van der Waals surface area contributed by atoms with Gasteiger partial charge in [0.2, 0.25) is 0 Å². The minimum absolute atomic E-state index is 0.133. The van der Waals surface area contributed by atoms with Crippen LogP contribution in [0.4, 0.5) is 5.69 Å². The normalized spacial score (nSPS) is 9.61. The lowest BCUT2D eigenvalue weighted by Crippen LogP contribution is -2.35. The van der Waals surface area contributed by atoms with Crippen LogP contribution in [-0.2, 0) is 9.59 Å². The van der Waals surface area contributed by atoms with Gasteiger partial charge in [-0.05, 0) is 19.1 Å². The maximum atomic E-state index is 11.3. The Balaban J connectivity index is 2.81. The number of nitrogens with one attached hydrogen (secondary N) is 2. The molecule has 0 saturated heterocycles. The Morgan fingerprint density at radius 1 is 1.22 bits per heavy atom. The second-order valence-electron chi connectivity index (χ2n) is 3.35. The van der Waals surface area contributed by atoms with Crippen molar-refractivity contribution in [3.8, 4) is 5.75 Å². The minimum atomic E-state index is -1.28. The molecule has 7 nitrogen and oxygen atoms in total. The van der Waals surface area contributed by atoms with Crippen molar-refractivity contribution in [2.45, 2.75) is 6.92 Å². The first kappa shape index (κ1) is 13.5. The maximum absolute atomic E-state index is 11.3. The fraction of sp³-hybridized carbons (Fsp3) is 0.182. The summed E-state index contributed by atoms with van der Waals surface area (Å²) in [6, 6.07) is 3.46. The summed E-state index contributed by atoms with van der Waals surface area (Å²) in [5, 5.41) is 22.6. The van der Waals surface area contributed by atoms with Gasteiger partial charge in [-0.25, -0.2) is 4.79 Å². The van der Waals surface area contributed by atoms with Crippen LogP contribution in [0.1, 0.15) is 17.3 Å². The molecule has 0 aliphatic carbocycles. The summed E-state index contributed by atoms with van der Waals surface area (Å²) in [7, 11) is 0. The number of aromatic hydroxyl groups is 1. The molecule has 4 N–H and O–H groups in total. The summed E-state index contributed by atoms with van der Waals surface area (Å²) in [4.78, 5) is 33.1. The predicted molar refractivity (Wildman–Crippen MR) is 62.4 cm³/mol. The Morgan fingerprint density at radius 3 is 2.39 bits per heavy atom. The molecule has 0 aliphatic heterocycles. The smallest absolute Gasteiger partial charge is 0.339 e. The molecule has 0 bridgehead atoms. The molecule has 18 heavy (non-hydrogen) atoms. The van der Waals surface area contributed by atoms with E-state index in [1.165, 1.54) is 6.07 Å². The van der Waals surface area contributed by atoms with Crippen molar-refractivity contribution in [2.24, 2.45) is 0 Å².